The molecule has 1 aromatic heterocycles. The zero-order chi connectivity index (χ0) is 9.94. The predicted octanol–water partition coefficient (Wildman–Crippen LogP) is 0.482. The zero-order valence-electron chi connectivity index (χ0n) is 7.18. The van der Waals surface area contributed by atoms with Gasteiger partial charge in [0.1, 0.15) is 6.33 Å². The highest BCUT2D eigenvalue weighted by atomic mass is 32.1. The predicted molar refractivity (Wildman–Crippen MR) is 57.0 cm³/mol. The Balaban J connectivity index is 0.000000223. The Morgan fingerprint density at radius 1 is 1.54 bits per heavy atom. The van der Waals surface area contributed by atoms with E-state index in [1.165, 1.54) is 6.33 Å². The molecule has 0 aliphatic rings. The molecule has 0 spiro atoms. The molecule has 0 saturated carbocycles. The van der Waals surface area contributed by atoms with Crippen molar-refractivity contribution in [2.75, 3.05) is 6.54 Å². The number of nitrogens with two attached hydrogens (primary N) is 1. The first-order valence-corrected chi connectivity index (χ1v) is 4.02. The fourth-order valence-corrected chi connectivity index (χ4v) is 0.509. The zero-order valence-corrected chi connectivity index (χ0v) is 8.00. The van der Waals surface area contributed by atoms with E-state index < -0.39 is 0 Å². The molecule has 0 atom stereocenters. The van der Waals surface area contributed by atoms with Gasteiger partial charge in [-0.05, 0) is 18.3 Å². The second-order valence-electron chi connectivity index (χ2n) is 1.94. The Kier molecular flexibility index (Phi) is 7.62. The van der Waals surface area contributed by atoms with Gasteiger partial charge in [-0.1, -0.05) is 6.08 Å². The van der Waals surface area contributed by atoms with Crippen molar-refractivity contribution in [3.63, 3.8) is 0 Å². The van der Waals surface area contributed by atoms with Gasteiger partial charge in [0.15, 0.2) is 5.11 Å². The van der Waals surface area contributed by atoms with Crippen molar-refractivity contribution < 1.29 is 0 Å². The lowest BCUT2D eigenvalue weighted by Crippen LogP contribution is -2.28. The lowest BCUT2D eigenvalue weighted by molar-refractivity contribution is 1.05. The summed E-state index contributed by atoms with van der Waals surface area (Å²) < 4.78 is 0. The van der Waals surface area contributed by atoms with Crippen LogP contribution in [-0.2, 0) is 0 Å². The van der Waals surface area contributed by atoms with Gasteiger partial charge in [0.2, 0.25) is 0 Å². The molecule has 4 nitrogen and oxygen atoms in total. The minimum atomic E-state index is 0.319. The molecule has 0 aliphatic heterocycles. The second-order valence-corrected chi connectivity index (χ2v) is 2.38. The Labute approximate surface area is 82.9 Å². The SMILES string of the molecule is C=CCNC(N)=S.c1cncnc1. The minimum absolute atomic E-state index is 0.319. The summed E-state index contributed by atoms with van der Waals surface area (Å²) in [6, 6.07) is 1.78. The number of nitrogens with one attached hydrogen (secondary N) is 1. The van der Waals surface area contributed by atoms with Crippen molar-refractivity contribution >= 4 is 17.3 Å². The quantitative estimate of drug-likeness (QED) is 0.532. The van der Waals surface area contributed by atoms with E-state index >= 15 is 0 Å². The lowest BCUT2D eigenvalue weighted by Gasteiger charge is -1.94. The number of aromatic nitrogens is 2. The van der Waals surface area contributed by atoms with E-state index in [1.54, 1.807) is 24.5 Å². The van der Waals surface area contributed by atoms with Crippen LogP contribution in [0.2, 0.25) is 0 Å². The number of nitrogens with zero attached hydrogens (tertiary/aromatic N) is 2. The first-order chi connectivity index (χ1) is 6.27. The molecule has 70 valence electrons. The molecule has 1 rings (SSSR count). The van der Waals surface area contributed by atoms with E-state index in [0.29, 0.717) is 11.7 Å². The summed E-state index contributed by atoms with van der Waals surface area (Å²) in [5, 5.41) is 3.01. The van der Waals surface area contributed by atoms with Gasteiger partial charge in [-0.25, -0.2) is 9.97 Å². The van der Waals surface area contributed by atoms with Gasteiger partial charge in [-0.15, -0.1) is 6.58 Å². The van der Waals surface area contributed by atoms with Crippen molar-refractivity contribution in [1.29, 1.82) is 0 Å². The normalized spacial score (nSPS) is 7.69. The monoisotopic (exact) mass is 196 g/mol. The van der Waals surface area contributed by atoms with E-state index in [0.717, 1.165) is 0 Å². The summed E-state index contributed by atoms with van der Waals surface area (Å²) in [5.74, 6) is 0. The van der Waals surface area contributed by atoms with E-state index in [2.05, 4.69) is 34.1 Å². The van der Waals surface area contributed by atoms with Gasteiger partial charge in [0.25, 0.3) is 0 Å². The fraction of sp³-hybridized carbons (Fsp3) is 0.125. The highest BCUT2D eigenvalue weighted by Crippen LogP contribution is 1.66. The van der Waals surface area contributed by atoms with Gasteiger partial charge in [-0.3, -0.25) is 0 Å². The van der Waals surface area contributed by atoms with E-state index in [-0.39, 0.29) is 0 Å². The third-order valence-corrected chi connectivity index (χ3v) is 1.04. The third kappa shape index (κ3) is 10.5. The average Bonchev–Trinajstić information content (AvgIpc) is 2.18. The van der Waals surface area contributed by atoms with Crippen molar-refractivity contribution in [1.82, 2.24) is 15.3 Å². The van der Waals surface area contributed by atoms with Crippen LogP contribution in [0, 0.1) is 0 Å². The maximum atomic E-state index is 5.05. The molecule has 0 bridgehead atoms. The summed E-state index contributed by atoms with van der Waals surface area (Å²) in [6.07, 6.45) is 6.57. The summed E-state index contributed by atoms with van der Waals surface area (Å²) in [7, 11) is 0. The van der Waals surface area contributed by atoms with Crippen LogP contribution in [0.25, 0.3) is 0 Å². The fourth-order valence-electron chi connectivity index (χ4n) is 0.426. The number of thiocarbonyl (C=S) groups is 1. The maximum absolute atomic E-state index is 5.05. The molecule has 1 aromatic rings. The standard InChI is InChI=1S/C4H8N2S.C4H4N2/c1-2-3-6-4(5)7;1-2-5-4-6-3-1/h2H,1,3H2,(H3,5,6,7);1-4H. The lowest BCUT2D eigenvalue weighted by atomic mass is 10.6. The van der Waals surface area contributed by atoms with Gasteiger partial charge < -0.3 is 11.1 Å². The summed E-state index contributed by atoms with van der Waals surface area (Å²) >= 11 is 4.48. The molecule has 0 aromatic carbocycles. The van der Waals surface area contributed by atoms with Gasteiger partial charge in [0, 0.05) is 18.9 Å². The number of hydrogen-bond acceptors (Lipinski definition) is 3. The van der Waals surface area contributed by atoms with Crippen LogP contribution in [0.4, 0.5) is 0 Å². The highest BCUT2D eigenvalue weighted by molar-refractivity contribution is 7.80. The van der Waals surface area contributed by atoms with Crippen molar-refractivity contribution in [3.05, 3.63) is 37.4 Å². The van der Waals surface area contributed by atoms with Crippen LogP contribution in [0.5, 0.6) is 0 Å². The van der Waals surface area contributed by atoms with Crippen molar-refractivity contribution in [2.45, 2.75) is 0 Å². The van der Waals surface area contributed by atoms with Crippen LogP contribution < -0.4 is 11.1 Å². The number of hydrogen-bond donors (Lipinski definition) is 2. The van der Waals surface area contributed by atoms with Crippen LogP contribution in [-0.4, -0.2) is 21.6 Å². The topological polar surface area (TPSA) is 63.8 Å². The summed E-state index contributed by atoms with van der Waals surface area (Å²) in [6.45, 7) is 4.10. The maximum Gasteiger partial charge on any atom is 0.163 e. The summed E-state index contributed by atoms with van der Waals surface area (Å²) in [5.41, 5.74) is 5.05. The van der Waals surface area contributed by atoms with E-state index in [4.69, 9.17) is 5.73 Å². The van der Waals surface area contributed by atoms with Crippen LogP contribution >= 0.6 is 12.2 Å². The highest BCUT2D eigenvalue weighted by Gasteiger charge is 1.76. The Morgan fingerprint density at radius 2 is 2.15 bits per heavy atom. The molecule has 0 amide bonds. The number of rotatable bonds is 2. The smallest absolute Gasteiger partial charge is 0.163 e. The molecule has 0 saturated heterocycles. The van der Waals surface area contributed by atoms with Crippen LogP contribution in [0.3, 0.4) is 0 Å². The molecule has 0 radical (unpaired) electrons. The Morgan fingerprint density at radius 3 is 2.31 bits per heavy atom. The van der Waals surface area contributed by atoms with Crippen LogP contribution in [0.1, 0.15) is 0 Å². The van der Waals surface area contributed by atoms with Crippen molar-refractivity contribution in [2.24, 2.45) is 5.73 Å². The van der Waals surface area contributed by atoms with Crippen LogP contribution in [0.15, 0.2) is 37.4 Å². The molecule has 0 unspecified atom stereocenters. The average molecular weight is 196 g/mol. The van der Waals surface area contributed by atoms with Crippen molar-refractivity contribution in [3.8, 4) is 0 Å². The van der Waals surface area contributed by atoms with Gasteiger partial charge in [-0.2, -0.15) is 0 Å². The molecule has 13 heavy (non-hydrogen) atoms. The molecule has 0 fully saturated rings. The molecule has 1 heterocycles. The van der Waals surface area contributed by atoms with E-state index in [1.807, 2.05) is 0 Å². The van der Waals surface area contributed by atoms with Gasteiger partial charge in [0.05, 0.1) is 0 Å². The largest absolute Gasteiger partial charge is 0.376 e. The molecule has 5 heteroatoms. The molecular formula is C8H12N4S. The van der Waals surface area contributed by atoms with Gasteiger partial charge >= 0.3 is 0 Å². The Hall–Kier alpha value is -1.49. The summed E-state index contributed by atoms with van der Waals surface area (Å²) in [4.78, 5) is 7.35. The second kappa shape index (κ2) is 8.61. The molecule has 0 aliphatic carbocycles. The molecular weight excluding hydrogens is 184 g/mol. The first-order valence-electron chi connectivity index (χ1n) is 3.61. The van der Waals surface area contributed by atoms with E-state index in [9.17, 15) is 0 Å². The molecule has 3 N–H and O–H groups in total. The first kappa shape index (κ1) is 11.5. The minimum Gasteiger partial charge on any atom is -0.376 e. The Bertz CT molecular complexity index is 210. The third-order valence-electron chi connectivity index (χ3n) is 0.898.